The molecule has 2 aromatic carbocycles. The van der Waals surface area contributed by atoms with Crippen LogP contribution >= 0.6 is 11.8 Å². The molecule has 0 saturated carbocycles. The molecule has 9 heteroatoms. The Morgan fingerprint density at radius 1 is 0.955 bits per heavy atom. The van der Waals surface area contributed by atoms with Crippen molar-refractivity contribution in [1.29, 1.82) is 0 Å². The molecule has 5 rings (SSSR count). The molecule has 2 aromatic rings. The maximum atomic E-state index is 14.7. The van der Waals surface area contributed by atoms with E-state index in [1.165, 1.54) is 0 Å². The van der Waals surface area contributed by atoms with Crippen molar-refractivity contribution in [2.24, 2.45) is 11.8 Å². The van der Waals surface area contributed by atoms with E-state index < -0.39 is 22.6 Å². The van der Waals surface area contributed by atoms with E-state index in [-0.39, 0.29) is 36.1 Å². The minimum absolute atomic E-state index is 0.0519. The molecular weight excluding hydrogens is 572 g/mol. The molecule has 0 aromatic heterocycles. The summed E-state index contributed by atoms with van der Waals surface area (Å²) in [5.74, 6) is -1.58. The largest absolute Gasteiger partial charge is 0.396 e. The highest BCUT2D eigenvalue weighted by molar-refractivity contribution is 8.02. The van der Waals surface area contributed by atoms with Gasteiger partial charge in [-0.1, -0.05) is 30.4 Å². The van der Waals surface area contributed by atoms with Crippen molar-refractivity contribution >= 4 is 46.5 Å². The first-order chi connectivity index (χ1) is 21.4. The Balaban J connectivity index is 1.52. The van der Waals surface area contributed by atoms with Crippen molar-refractivity contribution < 1.29 is 19.5 Å². The standard InChI is InChI=1S/C35H44N4O4S/c1-5-21-37(26-13-10-9-11-14-26)32(41)29-28-19-20-35(44-28)30(29)33(42)39(23-12-24-40)31(35)34(43)38(22-6-2)27-17-15-25(16-18-27)36(7-3)8-4/h5-6,9-11,13-18,28-31,40H,1-2,7-8,12,19-24H2,3-4H3/t28-,29+,30+,31?,35?/m1/s1. The monoisotopic (exact) mass is 616 g/mol. The lowest BCUT2D eigenvalue weighted by atomic mass is 9.70. The first-order valence-electron chi connectivity index (χ1n) is 15.7. The topological polar surface area (TPSA) is 84.4 Å². The van der Waals surface area contributed by atoms with Gasteiger partial charge in [0.15, 0.2) is 0 Å². The number of fused-ring (bicyclic) bond motifs is 1. The summed E-state index contributed by atoms with van der Waals surface area (Å²) in [4.78, 5) is 50.8. The average Bonchev–Trinajstić information content (AvgIpc) is 3.69. The molecule has 0 aliphatic carbocycles. The number of carbonyl (C=O) groups excluding carboxylic acids is 3. The third-order valence-corrected chi connectivity index (χ3v) is 11.3. The third-order valence-electron chi connectivity index (χ3n) is 9.39. The van der Waals surface area contributed by atoms with Gasteiger partial charge in [0.1, 0.15) is 6.04 Å². The summed E-state index contributed by atoms with van der Waals surface area (Å²) in [6, 6.07) is 16.7. The summed E-state index contributed by atoms with van der Waals surface area (Å²) >= 11 is 1.66. The molecule has 3 saturated heterocycles. The van der Waals surface area contributed by atoms with Crippen LogP contribution in [0, 0.1) is 11.8 Å². The molecule has 44 heavy (non-hydrogen) atoms. The minimum Gasteiger partial charge on any atom is -0.396 e. The number of nitrogens with zero attached hydrogens (tertiary/aromatic N) is 4. The fourth-order valence-electron chi connectivity index (χ4n) is 7.47. The number of amides is 3. The minimum atomic E-state index is -0.744. The normalized spacial score (nSPS) is 25.1. The van der Waals surface area contributed by atoms with Gasteiger partial charge < -0.3 is 24.7 Å². The first kappa shape index (κ1) is 31.9. The Bertz CT molecular complexity index is 1360. The van der Waals surface area contributed by atoms with Crippen LogP contribution in [0.25, 0.3) is 0 Å². The van der Waals surface area contributed by atoms with Crippen LogP contribution in [0.2, 0.25) is 0 Å². The highest BCUT2D eigenvalue weighted by Crippen LogP contribution is 2.66. The van der Waals surface area contributed by atoms with E-state index in [2.05, 4.69) is 31.9 Å². The van der Waals surface area contributed by atoms with Crippen molar-refractivity contribution in [2.45, 2.75) is 49.1 Å². The number of anilines is 3. The molecule has 3 aliphatic heterocycles. The molecule has 3 aliphatic rings. The van der Waals surface area contributed by atoms with Crippen molar-refractivity contribution in [2.75, 3.05) is 54.0 Å². The van der Waals surface area contributed by atoms with Crippen LogP contribution in [0.1, 0.15) is 33.1 Å². The number of aliphatic hydroxyl groups is 1. The molecule has 2 bridgehead atoms. The number of benzene rings is 2. The van der Waals surface area contributed by atoms with E-state index >= 15 is 0 Å². The number of likely N-dealkylation sites (tertiary alicyclic amines) is 1. The van der Waals surface area contributed by atoms with Crippen LogP contribution in [-0.2, 0) is 14.4 Å². The summed E-state index contributed by atoms with van der Waals surface area (Å²) in [5.41, 5.74) is 2.59. The number of rotatable bonds is 14. The van der Waals surface area contributed by atoms with Crippen molar-refractivity contribution in [1.82, 2.24) is 4.90 Å². The van der Waals surface area contributed by atoms with Gasteiger partial charge in [-0.25, -0.2) is 0 Å². The Morgan fingerprint density at radius 2 is 1.55 bits per heavy atom. The second-order valence-corrected chi connectivity index (χ2v) is 13.3. The van der Waals surface area contributed by atoms with Gasteiger partial charge in [-0.05, 0) is 69.5 Å². The molecule has 3 amide bonds. The van der Waals surface area contributed by atoms with Gasteiger partial charge in [-0.3, -0.25) is 14.4 Å². The number of thioether (sulfide) groups is 1. The van der Waals surface area contributed by atoms with Crippen LogP contribution in [0.15, 0.2) is 79.9 Å². The van der Waals surface area contributed by atoms with Crippen molar-refractivity contribution in [3.8, 4) is 0 Å². The van der Waals surface area contributed by atoms with E-state index in [4.69, 9.17) is 0 Å². The number of hydrogen-bond donors (Lipinski definition) is 1. The Hall–Kier alpha value is -3.56. The van der Waals surface area contributed by atoms with Gasteiger partial charge in [0.2, 0.25) is 11.8 Å². The first-order valence-corrected chi connectivity index (χ1v) is 16.6. The second kappa shape index (κ2) is 13.6. The lowest BCUT2D eigenvalue weighted by molar-refractivity contribution is -0.139. The maximum Gasteiger partial charge on any atom is 0.251 e. The molecule has 3 fully saturated rings. The number of para-hydroxylation sites is 1. The number of aliphatic hydroxyl groups excluding tert-OH is 1. The SMILES string of the molecule is C=CCN(C(=O)C1N(CCCO)C(=O)[C@@H]2[C@@H](C(=O)N(CC=C)c3ccccc3)[C@H]3CCC12S3)c1ccc(N(CC)CC)cc1. The molecule has 0 radical (unpaired) electrons. The highest BCUT2D eigenvalue weighted by Gasteiger charge is 2.74. The molecule has 3 heterocycles. The fraction of sp³-hybridized carbons (Fsp3) is 0.457. The van der Waals surface area contributed by atoms with Crippen LogP contribution in [0.3, 0.4) is 0 Å². The zero-order valence-corrected chi connectivity index (χ0v) is 26.6. The van der Waals surface area contributed by atoms with Crippen molar-refractivity contribution in [3.63, 3.8) is 0 Å². The zero-order chi connectivity index (χ0) is 31.4. The van der Waals surface area contributed by atoms with Crippen LogP contribution in [0.4, 0.5) is 17.1 Å². The quantitative estimate of drug-likeness (QED) is 0.309. The van der Waals surface area contributed by atoms with Crippen molar-refractivity contribution in [3.05, 3.63) is 79.9 Å². The molecular formula is C35H44N4O4S. The Labute approximate surface area is 265 Å². The molecule has 2 unspecified atom stereocenters. The van der Waals surface area contributed by atoms with Gasteiger partial charge >= 0.3 is 0 Å². The molecule has 8 nitrogen and oxygen atoms in total. The summed E-state index contributed by atoms with van der Waals surface area (Å²) in [6.45, 7) is 14.6. The summed E-state index contributed by atoms with van der Waals surface area (Å²) in [5, 5.41) is 9.67. The molecule has 1 spiro atoms. The molecule has 234 valence electrons. The van der Waals surface area contributed by atoms with Gasteiger partial charge in [0, 0.05) is 61.6 Å². The number of carbonyl (C=O) groups is 3. The predicted molar refractivity (Wildman–Crippen MR) is 179 cm³/mol. The van der Waals surface area contributed by atoms with Gasteiger partial charge in [-0.15, -0.1) is 24.9 Å². The van der Waals surface area contributed by atoms with Gasteiger partial charge in [-0.2, -0.15) is 0 Å². The average molecular weight is 617 g/mol. The Kier molecular flexibility index (Phi) is 9.85. The van der Waals surface area contributed by atoms with E-state index in [0.29, 0.717) is 25.9 Å². The zero-order valence-electron chi connectivity index (χ0n) is 25.8. The van der Waals surface area contributed by atoms with E-state index in [1.54, 1.807) is 38.6 Å². The molecule has 1 N–H and O–H groups in total. The smallest absolute Gasteiger partial charge is 0.251 e. The van der Waals surface area contributed by atoms with E-state index in [1.807, 2.05) is 54.6 Å². The number of hydrogen-bond acceptors (Lipinski definition) is 6. The summed E-state index contributed by atoms with van der Waals surface area (Å²) < 4.78 is -0.717. The highest BCUT2D eigenvalue weighted by atomic mass is 32.2. The van der Waals surface area contributed by atoms with Gasteiger partial charge in [0.05, 0.1) is 16.6 Å². The lowest BCUT2D eigenvalue weighted by Crippen LogP contribution is -2.55. The third kappa shape index (κ3) is 5.45. The van der Waals surface area contributed by atoms with Crippen LogP contribution < -0.4 is 14.7 Å². The van der Waals surface area contributed by atoms with Crippen LogP contribution in [0.5, 0.6) is 0 Å². The molecule has 5 atom stereocenters. The second-order valence-electron chi connectivity index (χ2n) is 11.7. The van der Waals surface area contributed by atoms with E-state index in [0.717, 1.165) is 36.6 Å². The summed E-state index contributed by atoms with van der Waals surface area (Å²) in [6.07, 6.45) is 5.22. The maximum absolute atomic E-state index is 14.7. The Morgan fingerprint density at radius 3 is 2.14 bits per heavy atom. The predicted octanol–water partition coefficient (Wildman–Crippen LogP) is 4.74. The van der Waals surface area contributed by atoms with Gasteiger partial charge in [0.25, 0.3) is 5.91 Å². The fourth-order valence-corrected chi connectivity index (χ4v) is 9.67. The summed E-state index contributed by atoms with van der Waals surface area (Å²) in [7, 11) is 0. The van der Waals surface area contributed by atoms with Crippen LogP contribution in [-0.4, -0.2) is 83.1 Å². The lowest BCUT2D eigenvalue weighted by Gasteiger charge is -2.37. The van der Waals surface area contributed by atoms with E-state index in [9.17, 15) is 19.5 Å².